The summed E-state index contributed by atoms with van der Waals surface area (Å²) in [6, 6.07) is 5.92. The second-order valence-electron chi connectivity index (χ2n) is 7.00. The van der Waals surface area contributed by atoms with Gasteiger partial charge in [-0.25, -0.2) is 9.78 Å². The minimum Gasteiger partial charge on any atom is -0.444 e. The van der Waals surface area contributed by atoms with Crippen molar-refractivity contribution in [1.82, 2.24) is 9.88 Å². The molecule has 0 radical (unpaired) electrons. The topological polar surface area (TPSA) is 45.7 Å². The lowest BCUT2D eigenvalue weighted by Crippen LogP contribution is -2.45. The summed E-state index contributed by atoms with van der Waals surface area (Å²) in [5, 5.41) is 0. The normalized spacial score (nSPS) is 18.9. The number of nitrogens with zero attached hydrogens (tertiary/aromatic N) is 3. The zero-order valence-corrected chi connectivity index (χ0v) is 14.1. The van der Waals surface area contributed by atoms with Crippen molar-refractivity contribution in [1.29, 1.82) is 0 Å². The number of anilines is 1. The molecule has 0 spiro atoms. The van der Waals surface area contributed by atoms with E-state index in [-0.39, 0.29) is 6.09 Å². The first-order valence-electron chi connectivity index (χ1n) is 7.95. The quantitative estimate of drug-likeness (QED) is 0.860. The van der Waals surface area contributed by atoms with Crippen LogP contribution in [0.2, 0.25) is 0 Å². The lowest BCUT2D eigenvalue weighted by molar-refractivity contribution is 0.0170. The van der Waals surface area contributed by atoms with Crippen LogP contribution in [-0.2, 0) is 4.74 Å². The number of carbonyl (C=O) groups is 1. The van der Waals surface area contributed by atoms with Gasteiger partial charge in [-0.1, -0.05) is 6.07 Å². The van der Waals surface area contributed by atoms with E-state index in [4.69, 9.17) is 4.74 Å². The second kappa shape index (κ2) is 6.99. The van der Waals surface area contributed by atoms with Crippen LogP contribution in [0.5, 0.6) is 0 Å². The van der Waals surface area contributed by atoms with E-state index in [0.717, 1.165) is 38.3 Å². The fourth-order valence-electron chi connectivity index (χ4n) is 2.77. The number of hydrogen-bond donors (Lipinski definition) is 0. The van der Waals surface area contributed by atoms with Gasteiger partial charge in [0.1, 0.15) is 11.4 Å². The molecular weight excluding hydrogens is 278 g/mol. The molecule has 0 N–H and O–H groups in total. The minimum atomic E-state index is -0.436. The standard InChI is InChI=1S/C17H27N3O2/c1-17(2,3)22-16(21)20-11-7-8-14(13-20)12-19(4)15-9-5-6-10-18-15/h5-6,9-10,14H,7-8,11-13H2,1-4H3/t14-/m1/s1. The largest absolute Gasteiger partial charge is 0.444 e. The highest BCUT2D eigenvalue weighted by molar-refractivity contribution is 5.68. The molecule has 5 nitrogen and oxygen atoms in total. The lowest BCUT2D eigenvalue weighted by Gasteiger charge is -2.35. The summed E-state index contributed by atoms with van der Waals surface area (Å²) in [7, 11) is 2.05. The van der Waals surface area contributed by atoms with E-state index in [1.54, 1.807) is 6.20 Å². The van der Waals surface area contributed by atoms with Crippen molar-refractivity contribution in [3.8, 4) is 0 Å². The second-order valence-corrected chi connectivity index (χ2v) is 7.00. The maximum atomic E-state index is 12.2. The van der Waals surface area contributed by atoms with E-state index in [1.165, 1.54) is 0 Å². The Kier molecular flexibility index (Phi) is 5.27. The molecule has 0 unspecified atom stereocenters. The Bertz CT molecular complexity index is 484. The van der Waals surface area contributed by atoms with Crippen LogP contribution in [0, 0.1) is 5.92 Å². The van der Waals surface area contributed by atoms with Crippen molar-refractivity contribution in [2.75, 3.05) is 31.6 Å². The van der Waals surface area contributed by atoms with Crippen molar-refractivity contribution in [3.05, 3.63) is 24.4 Å². The van der Waals surface area contributed by atoms with Gasteiger partial charge in [0.05, 0.1) is 0 Å². The van der Waals surface area contributed by atoms with Gasteiger partial charge < -0.3 is 14.5 Å². The molecule has 1 aromatic heterocycles. The molecule has 1 saturated heterocycles. The molecule has 1 atom stereocenters. The Morgan fingerprint density at radius 3 is 2.86 bits per heavy atom. The van der Waals surface area contributed by atoms with Crippen LogP contribution >= 0.6 is 0 Å². The molecule has 1 aromatic rings. The van der Waals surface area contributed by atoms with Crippen LogP contribution in [0.15, 0.2) is 24.4 Å². The molecule has 22 heavy (non-hydrogen) atoms. The number of likely N-dealkylation sites (tertiary alicyclic amines) is 1. The molecule has 1 aliphatic rings. The maximum absolute atomic E-state index is 12.2. The van der Waals surface area contributed by atoms with E-state index in [1.807, 2.05) is 43.9 Å². The van der Waals surface area contributed by atoms with Crippen LogP contribution in [0.3, 0.4) is 0 Å². The first-order chi connectivity index (χ1) is 10.3. The third kappa shape index (κ3) is 4.90. The molecule has 122 valence electrons. The van der Waals surface area contributed by atoms with Crippen LogP contribution in [0.4, 0.5) is 10.6 Å². The zero-order chi connectivity index (χ0) is 16.2. The van der Waals surface area contributed by atoms with E-state index in [2.05, 4.69) is 16.9 Å². The van der Waals surface area contributed by atoms with Gasteiger partial charge in [0.15, 0.2) is 0 Å². The monoisotopic (exact) mass is 305 g/mol. The third-order valence-corrected chi connectivity index (χ3v) is 3.74. The number of pyridine rings is 1. The summed E-state index contributed by atoms with van der Waals surface area (Å²) in [4.78, 5) is 20.6. The predicted octanol–water partition coefficient (Wildman–Crippen LogP) is 3.16. The highest BCUT2D eigenvalue weighted by Crippen LogP contribution is 2.21. The molecule has 0 saturated carbocycles. The molecule has 0 aromatic carbocycles. The summed E-state index contributed by atoms with van der Waals surface area (Å²) >= 11 is 0. The number of carbonyl (C=O) groups excluding carboxylic acids is 1. The van der Waals surface area contributed by atoms with Gasteiger partial charge in [-0.05, 0) is 51.7 Å². The van der Waals surface area contributed by atoms with Crippen LogP contribution in [0.1, 0.15) is 33.6 Å². The average molecular weight is 305 g/mol. The number of aromatic nitrogens is 1. The molecule has 1 aliphatic heterocycles. The van der Waals surface area contributed by atoms with Gasteiger partial charge in [0.25, 0.3) is 0 Å². The summed E-state index contributed by atoms with van der Waals surface area (Å²) in [6.45, 7) is 8.16. The van der Waals surface area contributed by atoms with Crippen LogP contribution in [-0.4, -0.2) is 48.3 Å². The lowest BCUT2D eigenvalue weighted by atomic mass is 9.98. The molecule has 1 amide bonds. The maximum Gasteiger partial charge on any atom is 0.410 e. The van der Waals surface area contributed by atoms with Gasteiger partial charge in [0, 0.05) is 32.9 Å². The highest BCUT2D eigenvalue weighted by Gasteiger charge is 2.28. The fourth-order valence-corrected chi connectivity index (χ4v) is 2.77. The number of hydrogen-bond acceptors (Lipinski definition) is 4. The smallest absolute Gasteiger partial charge is 0.410 e. The molecule has 1 fully saturated rings. The van der Waals surface area contributed by atoms with E-state index in [0.29, 0.717) is 5.92 Å². The summed E-state index contributed by atoms with van der Waals surface area (Å²) in [5.41, 5.74) is -0.436. The van der Waals surface area contributed by atoms with Crippen molar-refractivity contribution >= 4 is 11.9 Å². The predicted molar refractivity (Wildman–Crippen MR) is 88.0 cm³/mol. The van der Waals surface area contributed by atoms with Crippen molar-refractivity contribution in [3.63, 3.8) is 0 Å². The van der Waals surface area contributed by atoms with Gasteiger partial charge >= 0.3 is 6.09 Å². The van der Waals surface area contributed by atoms with Crippen LogP contribution in [0.25, 0.3) is 0 Å². The van der Waals surface area contributed by atoms with Gasteiger partial charge in [-0.15, -0.1) is 0 Å². The minimum absolute atomic E-state index is 0.197. The Balaban J connectivity index is 1.89. The Morgan fingerprint density at radius 2 is 2.23 bits per heavy atom. The summed E-state index contributed by atoms with van der Waals surface area (Å²) < 4.78 is 5.48. The number of piperidine rings is 1. The van der Waals surface area contributed by atoms with E-state index < -0.39 is 5.60 Å². The van der Waals surface area contributed by atoms with Crippen molar-refractivity contribution in [2.24, 2.45) is 5.92 Å². The van der Waals surface area contributed by atoms with E-state index >= 15 is 0 Å². The van der Waals surface area contributed by atoms with Gasteiger partial charge in [-0.3, -0.25) is 0 Å². The molecule has 0 bridgehead atoms. The first kappa shape index (κ1) is 16.6. The Morgan fingerprint density at radius 1 is 1.45 bits per heavy atom. The summed E-state index contributed by atoms with van der Waals surface area (Å²) in [5.74, 6) is 1.42. The third-order valence-electron chi connectivity index (χ3n) is 3.74. The molecule has 5 heteroatoms. The van der Waals surface area contributed by atoms with Gasteiger partial charge in [-0.2, -0.15) is 0 Å². The molecule has 2 rings (SSSR count). The van der Waals surface area contributed by atoms with Crippen molar-refractivity contribution in [2.45, 2.75) is 39.2 Å². The summed E-state index contributed by atoms with van der Waals surface area (Å²) in [6.07, 6.45) is 3.77. The van der Waals surface area contributed by atoms with Crippen LogP contribution < -0.4 is 4.90 Å². The van der Waals surface area contributed by atoms with Crippen molar-refractivity contribution < 1.29 is 9.53 Å². The molecular formula is C17H27N3O2. The Labute approximate surface area is 133 Å². The van der Waals surface area contributed by atoms with E-state index in [9.17, 15) is 4.79 Å². The SMILES string of the molecule is CN(C[C@H]1CCCN(C(=O)OC(C)(C)C)C1)c1ccccn1. The first-order valence-corrected chi connectivity index (χ1v) is 7.95. The fraction of sp³-hybridized carbons (Fsp3) is 0.647. The number of ether oxygens (including phenoxy) is 1. The Hall–Kier alpha value is -1.78. The van der Waals surface area contributed by atoms with Gasteiger partial charge in [0.2, 0.25) is 0 Å². The molecule has 0 aliphatic carbocycles. The highest BCUT2D eigenvalue weighted by atomic mass is 16.6. The number of amides is 1. The average Bonchev–Trinajstić information content (AvgIpc) is 2.46. The number of rotatable bonds is 3. The zero-order valence-electron chi connectivity index (χ0n) is 14.1. The molecule has 2 heterocycles.